The number of likely N-dealkylation sites (tertiary alicyclic amines) is 1. The lowest BCUT2D eigenvalue weighted by atomic mass is 10.2. The summed E-state index contributed by atoms with van der Waals surface area (Å²) in [4.78, 5) is 26.3. The summed E-state index contributed by atoms with van der Waals surface area (Å²) in [6, 6.07) is 14.0. The van der Waals surface area contributed by atoms with Gasteiger partial charge in [0, 0.05) is 35.9 Å². The minimum absolute atomic E-state index is 0.0143. The third-order valence-corrected chi connectivity index (χ3v) is 4.34. The van der Waals surface area contributed by atoms with Gasteiger partial charge in [0.15, 0.2) is 0 Å². The molecule has 2 N–H and O–H groups in total. The molecule has 3 amide bonds. The quantitative estimate of drug-likeness (QED) is 0.871. The highest BCUT2D eigenvalue weighted by molar-refractivity contribution is 6.30. The normalized spacial score (nSPS) is 13.6. The van der Waals surface area contributed by atoms with Crippen LogP contribution >= 0.6 is 11.6 Å². The van der Waals surface area contributed by atoms with E-state index in [4.69, 9.17) is 11.6 Å². The molecule has 0 saturated carbocycles. The Bertz CT molecular complexity index is 773. The molecule has 0 unspecified atom stereocenters. The van der Waals surface area contributed by atoms with Crippen molar-refractivity contribution in [2.24, 2.45) is 0 Å². The summed E-state index contributed by atoms with van der Waals surface area (Å²) in [6.07, 6.45) is 2.10. The van der Waals surface area contributed by atoms with Gasteiger partial charge in [0.25, 0.3) is 5.91 Å². The molecule has 3 rings (SSSR count). The first-order valence-electron chi connectivity index (χ1n) is 8.30. The summed E-state index contributed by atoms with van der Waals surface area (Å²) in [6.45, 7) is 1.98. The fraction of sp³-hybridized carbons (Fsp3) is 0.263. The highest BCUT2D eigenvalue weighted by Crippen LogP contribution is 2.16. The maximum absolute atomic E-state index is 12.4. The molecule has 0 aromatic heterocycles. The van der Waals surface area contributed by atoms with Crippen molar-refractivity contribution < 1.29 is 9.59 Å². The Kier molecular flexibility index (Phi) is 5.56. The minimum atomic E-state index is -0.328. The van der Waals surface area contributed by atoms with Crippen LogP contribution in [0.2, 0.25) is 5.02 Å². The summed E-state index contributed by atoms with van der Waals surface area (Å²) >= 11 is 5.93. The van der Waals surface area contributed by atoms with Gasteiger partial charge in [0.2, 0.25) is 0 Å². The van der Waals surface area contributed by atoms with Crippen LogP contribution in [0.1, 0.15) is 28.8 Å². The average Bonchev–Trinajstić information content (AvgIpc) is 3.14. The molecule has 6 heteroatoms. The minimum Gasteiger partial charge on any atom is -0.339 e. The number of carbonyl (C=O) groups is 2. The number of hydrogen-bond donors (Lipinski definition) is 2. The molecule has 1 heterocycles. The molecule has 0 radical (unpaired) electrons. The number of amides is 3. The molecule has 25 heavy (non-hydrogen) atoms. The molecular weight excluding hydrogens is 338 g/mol. The van der Waals surface area contributed by atoms with Crippen LogP contribution in [0.15, 0.2) is 48.5 Å². The van der Waals surface area contributed by atoms with Crippen LogP contribution in [0.3, 0.4) is 0 Å². The van der Waals surface area contributed by atoms with Crippen molar-refractivity contribution >= 4 is 29.2 Å². The van der Waals surface area contributed by atoms with Gasteiger partial charge >= 0.3 is 6.03 Å². The topological polar surface area (TPSA) is 61.4 Å². The summed E-state index contributed by atoms with van der Waals surface area (Å²) in [7, 11) is 0. The van der Waals surface area contributed by atoms with E-state index in [1.165, 1.54) is 0 Å². The number of anilines is 1. The van der Waals surface area contributed by atoms with Gasteiger partial charge in [-0.25, -0.2) is 4.79 Å². The lowest BCUT2D eigenvalue weighted by molar-refractivity contribution is 0.0793. The third-order valence-electron chi connectivity index (χ3n) is 4.10. The smallest absolute Gasteiger partial charge is 0.319 e. The standard InChI is InChI=1S/C19H20ClN3O2/c20-16-7-3-5-14(11-16)13-21-19(25)22-17-8-4-6-15(12-17)18(24)23-9-1-2-10-23/h3-8,11-12H,1-2,9-10,13H2,(H2,21,22,25). The van der Waals surface area contributed by atoms with Crippen LogP contribution in [0.25, 0.3) is 0 Å². The Balaban J connectivity index is 1.57. The molecule has 1 fully saturated rings. The Hall–Kier alpha value is -2.53. The Morgan fingerprint density at radius 2 is 1.80 bits per heavy atom. The van der Waals surface area contributed by atoms with Crippen LogP contribution in [-0.4, -0.2) is 29.9 Å². The van der Waals surface area contributed by atoms with E-state index >= 15 is 0 Å². The summed E-state index contributed by atoms with van der Waals surface area (Å²) < 4.78 is 0. The fourth-order valence-corrected chi connectivity index (χ4v) is 3.05. The van der Waals surface area contributed by atoms with Crippen molar-refractivity contribution in [2.75, 3.05) is 18.4 Å². The first-order chi connectivity index (χ1) is 12.1. The number of carbonyl (C=O) groups excluding carboxylic acids is 2. The maximum Gasteiger partial charge on any atom is 0.319 e. The zero-order chi connectivity index (χ0) is 17.6. The maximum atomic E-state index is 12.4. The SMILES string of the molecule is O=C(NCc1cccc(Cl)c1)Nc1cccc(C(=O)N2CCCC2)c1. The van der Waals surface area contributed by atoms with Gasteiger partial charge in [-0.1, -0.05) is 29.8 Å². The monoisotopic (exact) mass is 357 g/mol. The van der Waals surface area contributed by atoms with Gasteiger partial charge in [0.05, 0.1) is 0 Å². The summed E-state index contributed by atoms with van der Waals surface area (Å²) in [5.41, 5.74) is 2.10. The zero-order valence-electron chi connectivity index (χ0n) is 13.8. The van der Waals surface area contributed by atoms with E-state index in [1.807, 2.05) is 17.0 Å². The second-order valence-electron chi connectivity index (χ2n) is 6.02. The number of hydrogen-bond acceptors (Lipinski definition) is 2. The van der Waals surface area contributed by atoms with Crippen molar-refractivity contribution in [2.45, 2.75) is 19.4 Å². The second kappa shape index (κ2) is 8.03. The first-order valence-corrected chi connectivity index (χ1v) is 8.68. The van der Waals surface area contributed by atoms with Gasteiger partial charge in [-0.05, 0) is 48.7 Å². The molecule has 2 aromatic rings. The van der Waals surface area contributed by atoms with Crippen LogP contribution in [0.5, 0.6) is 0 Å². The molecular formula is C19H20ClN3O2. The van der Waals surface area contributed by atoms with E-state index in [2.05, 4.69) is 10.6 Å². The second-order valence-corrected chi connectivity index (χ2v) is 6.45. The molecule has 0 bridgehead atoms. The molecule has 0 spiro atoms. The van der Waals surface area contributed by atoms with Crippen LogP contribution in [-0.2, 0) is 6.54 Å². The Morgan fingerprint density at radius 1 is 1.04 bits per heavy atom. The van der Waals surface area contributed by atoms with E-state index in [-0.39, 0.29) is 11.9 Å². The van der Waals surface area contributed by atoms with Gasteiger partial charge < -0.3 is 15.5 Å². The Morgan fingerprint density at radius 3 is 2.56 bits per heavy atom. The van der Waals surface area contributed by atoms with Gasteiger partial charge in [-0.2, -0.15) is 0 Å². The predicted octanol–water partition coefficient (Wildman–Crippen LogP) is 3.90. The summed E-state index contributed by atoms with van der Waals surface area (Å²) in [5.74, 6) is 0.0143. The highest BCUT2D eigenvalue weighted by atomic mass is 35.5. The number of nitrogens with zero attached hydrogens (tertiary/aromatic N) is 1. The van der Waals surface area contributed by atoms with E-state index < -0.39 is 0 Å². The predicted molar refractivity (Wildman–Crippen MR) is 98.9 cm³/mol. The number of rotatable bonds is 4. The molecule has 5 nitrogen and oxygen atoms in total. The summed E-state index contributed by atoms with van der Waals surface area (Å²) in [5, 5.41) is 6.17. The average molecular weight is 358 g/mol. The number of benzene rings is 2. The number of halogens is 1. The zero-order valence-corrected chi connectivity index (χ0v) is 14.6. The Labute approximate surface area is 152 Å². The molecule has 0 aliphatic carbocycles. The molecule has 1 saturated heterocycles. The van der Waals surface area contributed by atoms with Crippen molar-refractivity contribution in [3.05, 3.63) is 64.7 Å². The van der Waals surface area contributed by atoms with E-state index in [0.717, 1.165) is 31.5 Å². The lowest BCUT2D eigenvalue weighted by Crippen LogP contribution is -2.29. The van der Waals surface area contributed by atoms with Crippen molar-refractivity contribution in [3.63, 3.8) is 0 Å². The van der Waals surface area contributed by atoms with Crippen molar-refractivity contribution in [1.82, 2.24) is 10.2 Å². The van der Waals surface area contributed by atoms with E-state index in [9.17, 15) is 9.59 Å². The van der Waals surface area contributed by atoms with Gasteiger partial charge in [-0.3, -0.25) is 4.79 Å². The van der Waals surface area contributed by atoms with E-state index in [0.29, 0.717) is 22.8 Å². The number of nitrogens with one attached hydrogen (secondary N) is 2. The number of urea groups is 1. The van der Waals surface area contributed by atoms with Gasteiger partial charge in [0.1, 0.15) is 0 Å². The lowest BCUT2D eigenvalue weighted by Gasteiger charge is -2.16. The van der Waals surface area contributed by atoms with Crippen LogP contribution in [0.4, 0.5) is 10.5 Å². The fourth-order valence-electron chi connectivity index (χ4n) is 2.84. The largest absolute Gasteiger partial charge is 0.339 e. The van der Waals surface area contributed by atoms with Crippen LogP contribution < -0.4 is 10.6 Å². The molecule has 1 aliphatic heterocycles. The third kappa shape index (κ3) is 4.73. The van der Waals surface area contributed by atoms with Gasteiger partial charge in [-0.15, -0.1) is 0 Å². The molecule has 0 atom stereocenters. The first kappa shape index (κ1) is 17.3. The molecule has 1 aliphatic rings. The highest BCUT2D eigenvalue weighted by Gasteiger charge is 2.19. The molecule has 2 aromatic carbocycles. The van der Waals surface area contributed by atoms with Crippen LogP contribution in [0, 0.1) is 0 Å². The van der Waals surface area contributed by atoms with Crippen molar-refractivity contribution in [1.29, 1.82) is 0 Å². The molecule has 130 valence electrons. The van der Waals surface area contributed by atoms with E-state index in [1.54, 1.807) is 36.4 Å². The van der Waals surface area contributed by atoms with Crippen molar-refractivity contribution in [3.8, 4) is 0 Å².